The molecule has 0 aliphatic carbocycles. The van der Waals surface area contributed by atoms with Crippen LogP contribution in [0.3, 0.4) is 0 Å². The smallest absolute Gasteiger partial charge is 0.340 e. The third-order valence-electron chi connectivity index (χ3n) is 4.75. The summed E-state index contributed by atoms with van der Waals surface area (Å²) in [5.41, 5.74) is 5.92. The number of fused-ring (bicyclic) bond motifs is 1. The number of anilines is 1. The first-order chi connectivity index (χ1) is 13.8. The zero-order valence-electron chi connectivity index (χ0n) is 16.2. The van der Waals surface area contributed by atoms with Crippen LogP contribution in [-0.4, -0.2) is 32.9 Å². The Labute approximate surface area is 165 Å². The minimum atomic E-state index is -0.926. The maximum atomic E-state index is 12.7. The molecule has 9 heteroatoms. The van der Waals surface area contributed by atoms with E-state index < -0.39 is 35.2 Å². The number of ether oxygens (including phenoxy) is 1. The van der Waals surface area contributed by atoms with E-state index in [1.54, 1.807) is 6.92 Å². The molecule has 0 bridgehead atoms. The van der Waals surface area contributed by atoms with Crippen LogP contribution in [0.1, 0.15) is 38.9 Å². The molecular weight excluding hydrogens is 376 g/mol. The van der Waals surface area contributed by atoms with E-state index in [2.05, 4.69) is 4.98 Å². The Morgan fingerprint density at radius 1 is 1.21 bits per heavy atom. The van der Waals surface area contributed by atoms with Gasteiger partial charge in [-0.3, -0.25) is 24.1 Å². The third kappa shape index (κ3) is 3.54. The van der Waals surface area contributed by atoms with E-state index in [0.29, 0.717) is 23.2 Å². The lowest BCUT2D eigenvalue weighted by Crippen LogP contribution is -2.36. The zero-order chi connectivity index (χ0) is 21.3. The van der Waals surface area contributed by atoms with Crippen molar-refractivity contribution in [2.24, 2.45) is 7.05 Å². The molecule has 150 valence electrons. The summed E-state index contributed by atoms with van der Waals surface area (Å²) >= 11 is 0. The monoisotopic (exact) mass is 396 g/mol. The standard InChI is InChI=1S/C20H20N4O5/c1-4-12-15(10(2)11-7-5-6-8-13(11)22-12)19(27)29-9-14(25)16-17(21)24(3)20(28)23-18(16)26/h5-8H,4,9,21H2,1-3H3,(H,23,26,28). The number of esters is 1. The molecule has 3 aromatic rings. The summed E-state index contributed by atoms with van der Waals surface area (Å²) in [5.74, 6) is -1.82. The Morgan fingerprint density at radius 3 is 2.59 bits per heavy atom. The van der Waals surface area contributed by atoms with Crippen molar-refractivity contribution in [2.75, 3.05) is 12.3 Å². The molecule has 0 amide bonds. The number of rotatable bonds is 5. The summed E-state index contributed by atoms with van der Waals surface area (Å²) in [6.07, 6.45) is 0.497. The van der Waals surface area contributed by atoms with Crippen molar-refractivity contribution in [3.63, 3.8) is 0 Å². The van der Waals surface area contributed by atoms with E-state index in [9.17, 15) is 19.2 Å². The molecule has 29 heavy (non-hydrogen) atoms. The fraction of sp³-hybridized carbons (Fsp3) is 0.250. The van der Waals surface area contributed by atoms with Crippen LogP contribution in [0.4, 0.5) is 5.82 Å². The summed E-state index contributed by atoms with van der Waals surface area (Å²) in [7, 11) is 1.31. The van der Waals surface area contributed by atoms with Gasteiger partial charge in [-0.2, -0.15) is 0 Å². The number of aromatic nitrogens is 3. The van der Waals surface area contributed by atoms with E-state index in [4.69, 9.17) is 10.5 Å². The number of aryl methyl sites for hydroxylation is 2. The molecule has 0 saturated carbocycles. The molecule has 0 spiro atoms. The van der Waals surface area contributed by atoms with Gasteiger partial charge in [0.05, 0.1) is 16.8 Å². The molecule has 0 radical (unpaired) electrons. The quantitative estimate of drug-likeness (QED) is 0.487. The highest BCUT2D eigenvalue weighted by Gasteiger charge is 2.23. The molecule has 2 heterocycles. The number of hydrogen-bond acceptors (Lipinski definition) is 7. The predicted octanol–water partition coefficient (Wildman–Crippen LogP) is 1.11. The van der Waals surface area contributed by atoms with Gasteiger partial charge in [-0.15, -0.1) is 0 Å². The molecule has 3 N–H and O–H groups in total. The van der Waals surface area contributed by atoms with Crippen LogP contribution in [0.25, 0.3) is 10.9 Å². The fourth-order valence-electron chi connectivity index (χ4n) is 3.15. The molecule has 0 saturated heterocycles. The number of para-hydroxylation sites is 1. The van der Waals surface area contributed by atoms with Crippen molar-refractivity contribution >= 4 is 28.5 Å². The number of aromatic amines is 1. The molecule has 1 aromatic carbocycles. The number of hydrogen-bond donors (Lipinski definition) is 2. The lowest BCUT2D eigenvalue weighted by molar-refractivity contribution is 0.0472. The van der Waals surface area contributed by atoms with Crippen LogP contribution >= 0.6 is 0 Å². The highest BCUT2D eigenvalue weighted by atomic mass is 16.5. The van der Waals surface area contributed by atoms with Crippen LogP contribution in [-0.2, 0) is 18.2 Å². The topological polar surface area (TPSA) is 137 Å². The number of ketones is 1. The Hall–Kier alpha value is -3.75. The van der Waals surface area contributed by atoms with Gasteiger partial charge < -0.3 is 10.5 Å². The summed E-state index contributed by atoms with van der Waals surface area (Å²) in [6, 6.07) is 7.41. The maximum Gasteiger partial charge on any atom is 0.340 e. The fourth-order valence-corrected chi connectivity index (χ4v) is 3.15. The van der Waals surface area contributed by atoms with E-state index in [1.807, 2.05) is 36.2 Å². The van der Waals surface area contributed by atoms with Crippen LogP contribution < -0.4 is 17.0 Å². The average molecular weight is 396 g/mol. The van der Waals surface area contributed by atoms with Crippen LogP contribution in [0.2, 0.25) is 0 Å². The number of nitrogens with one attached hydrogen (secondary N) is 1. The van der Waals surface area contributed by atoms with Gasteiger partial charge >= 0.3 is 11.7 Å². The SMILES string of the molecule is CCc1nc2ccccc2c(C)c1C(=O)OCC(=O)c1c(N)n(C)c(=O)[nH]c1=O. The minimum Gasteiger partial charge on any atom is -0.454 e. The normalized spacial score (nSPS) is 10.9. The second-order valence-electron chi connectivity index (χ2n) is 6.51. The molecule has 0 unspecified atom stereocenters. The molecule has 2 aromatic heterocycles. The molecule has 0 aliphatic heterocycles. The summed E-state index contributed by atoms with van der Waals surface area (Å²) in [6.45, 7) is 2.96. The lowest BCUT2D eigenvalue weighted by Gasteiger charge is -2.13. The molecule has 0 aliphatic rings. The van der Waals surface area contributed by atoms with E-state index >= 15 is 0 Å². The number of Topliss-reactive ketones (excluding diaryl/α,β-unsaturated/α-hetero) is 1. The predicted molar refractivity (Wildman–Crippen MR) is 107 cm³/mol. The molecule has 0 atom stereocenters. The second-order valence-corrected chi connectivity index (χ2v) is 6.51. The van der Waals surface area contributed by atoms with Gasteiger partial charge in [-0.25, -0.2) is 9.59 Å². The van der Waals surface area contributed by atoms with Gasteiger partial charge in [0.1, 0.15) is 11.4 Å². The summed E-state index contributed by atoms with van der Waals surface area (Å²) in [4.78, 5) is 55.1. The number of nitrogen functional groups attached to an aromatic ring is 1. The summed E-state index contributed by atoms with van der Waals surface area (Å²) in [5, 5.41) is 0.807. The van der Waals surface area contributed by atoms with E-state index in [-0.39, 0.29) is 5.82 Å². The van der Waals surface area contributed by atoms with Crippen LogP contribution in [0.5, 0.6) is 0 Å². The highest BCUT2D eigenvalue weighted by molar-refractivity contribution is 6.03. The zero-order valence-corrected chi connectivity index (χ0v) is 16.2. The number of nitrogens with two attached hydrogens (primary N) is 1. The van der Waals surface area contributed by atoms with Crippen molar-refractivity contribution in [1.82, 2.24) is 14.5 Å². The van der Waals surface area contributed by atoms with Crippen molar-refractivity contribution in [2.45, 2.75) is 20.3 Å². The van der Waals surface area contributed by atoms with Crippen molar-refractivity contribution in [3.8, 4) is 0 Å². The number of nitrogens with zero attached hydrogens (tertiary/aromatic N) is 2. The number of carbonyl (C=O) groups is 2. The van der Waals surface area contributed by atoms with Gasteiger partial charge in [0.2, 0.25) is 5.78 Å². The number of H-pyrrole nitrogens is 1. The van der Waals surface area contributed by atoms with E-state index in [1.165, 1.54) is 7.05 Å². The molecular formula is C20H20N4O5. The molecule has 9 nitrogen and oxygen atoms in total. The number of benzene rings is 1. The van der Waals surface area contributed by atoms with Crippen LogP contribution in [0, 0.1) is 6.92 Å². The van der Waals surface area contributed by atoms with Gasteiger partial charge in [-0.05, 0) is 25.0 Å². The first-order valence-corrected chi connectivity index (χ1v) is 8.93. The van der Waals surface area contributed by atoms with Crippen molar-refractivity contribution < 1.29 is 14.3 Å². The first kappa shape index (κ1) is 20.0. The minimum absolute atomic E-state index is 0.293. The second kappa shape index (κ2) is 7.70. The Bertz CT molecular complexity index is 1260. The van der Waals surface area contributed by atoms with Gasteiger partial charge in [0.15, 0.2) is 6.61 Å². The van der Waals surface area contributed by atoms with Gasteiger partial charge in [0, 0.05) is 12.4 Å². The lowest BCUT2D eigenvalue weighted by atomic mass is 10.0. The van der Waals surface area contributed by atoms with E-state index in [0.717, 1.165) is 15.5 Å². The number of pyridine rings is 1. The van der Waals surface area contributed by atoms with Gasteiger partial charge in [0.25, 0.3) is 5.56 Å². The molecule has 0 fully saturated rings. The highest BCUT2D eigenvalue weighted by Crippen LogP contribution is 2.24. The van der Waals surface area contributed by atoms with Crippen LogP contribution in [0.15, 0.2) is 33.9 Å². The van der Waals surface area contributed by atoms with Crippen molar-refractivity contribution in [1.29, 1.82) is 0 Å². The number of carbonyl (C=O) groups excluding carboxylic acids is 2. The van der Waals surface area contributed by atoms with Gasteiger partial charge in [-0.1, -0.05) is 25.1 Å². The Kier molecular flexibility index (Phi) is 5.31. The largest absolute Gasteiger partial charge is 0.454 e. The Balaban J connectivity index is 1.92. The maximum absolute atomic E-state index is 12.7. The average Bonchev–Trinajstić information content (AvgIpc) is 2.70. The van der Waals surface area contributed by atoms with Crippen molar-refractivity contribution in [3.05, 3.63) is 67.5 Å². The summed E-state index contributed by atoms with van der Waals surface area (Å²) < 4.78 is 6.11. The molecule has 3 rings (SSSR count). The Morgan fingerprint density at radius 2 is 1.90 bits per heavy atom. The first-order valence-electron chi connectivity index (χ1n) is 8.93. The third-order valence-corrected chi connectivity index (χ3v) is 4.75.